The van der Waals surface area contributed by atoms with Crippen LogP contribution in [0.15, 0.2) is 18.3 Å². The van der Waals surface area contributed by atoms with Gasteiger partial charge >= 0.3 is 0 Å². The number of carbonyl (C=O) groups is 1. The van der Waals surface area contributed by atoms with Gasteiger partial charge in [-0.15, -0.1) is 0 Å². The van der Waals surface area contributed by atoms with Gasteiger partial charge in [0.25, 0.3) is 0 Å². The number of aromatic nitrogens is 1. The monoisotopic (exact) mass is 233 g/mol. The summed E-state index contributed by atoms with van der Waals surface area (Å²) in [5.41, 5.74) is 6.98. The summed E-state index contributed by atoms with van der Waals surface area (Å²) in [6.07, 6.45) is 1.97. The lowest BCUT2D eigenvalue weighted by Crippen LogP contribution is -2.30. The average Bonchev–Trinajstić information content (AvgIpc) is 2.63. The van der Waals surface area contributed by atoms with Crippen LogP contribution in [-0.4, -0.2) is 28.9 Å². The quantitative estimate of drug-likeness (QED) is 0.838. The Morgan fingerprint density at radius 1 is 1.41 bits per heavy atom. The van der Waals surface area contributed by atoms with E-state index < -0.39 is 0 Å². The highest BCUT2D eigenvalue weighted by Gasteiger charge is 2.29. The van der Waals surface area contributed by atoms with Crippen molar-refractivity contribution in [1.29, 1.82) is 0 Å². The van der Waals surface area contributed by atoms with Gasteiger partial charge in [0.15, 0.2) is 0 Å². The molecule has 1 aromatic heterocycles. The lowest BCUT2D eigenvalue weighted by molar-refractivity contribution is -0.129. The van der Waals surface area contributed by atoms with Crippen molar-refractivity contribution in [3.05, 3.63) is 24.0 Å². The van der Waals surface area contributed by atoms with Gasteiger partial charge < -0.3 is 10.6 Å². The van der Waals surface area contributed by atoms with Crippen LogP contribution in [0.5, 0.6) is 0 Å². The molecule has 17 heavy (non-hydrogen) atoms. The van der Waals surface area contributed by atoms with E-state index in [1.165, 1.54) is 0 Å². The van der Waals surface area contributed by atoms with E-state index >= 15 is 0 Å². The predicted molar refractivity (Wildman–Crippen MR) is 67.3 cm³/mol. The van der Waals surface area contributed by atoms with Crippen molar-refractivity contribution >= 4 is 11.6 Å². The van der Waals surface area contributed by atoms with Gasteiger partial charge in [0.05, 0.1) is 18.3 Å². The third-order valence-electron chi connectivity index (χ3n) is 3.52. The Kier molecular flexibility index (Phi) is 3.31. The Bertz CT molecular complexity index is 392. The molecule has 0 spiro atoms. The number of nitrogens with two attached hydrogens (primary N) is 1. The largest absolute Gasteiger partial charge is 0.397 e. The van der Waals surface area contributed by atoms with Gasteiger partial charge in [-0.05, 0) is 24.0 Å². The molecule has 2 rings (SSSR count). The normalized spacial score (nSPS) is 24.0. The number of anilines is 1. The molecule has 0 bridgehead atoms. The Morgan fingerprint density at radius 3 is 2.59 bits per heavy atom. The van der Waals surface area contributed by atoms with Crippen molar-refractivity contribution < 1.29 is 4.79 Å². The highest BCUT2D eigenvalue weighted by molar-refractivity contribution is 5.78. The first kappa shape index (κ1) is 11.9. The molecule has 92 valence electrons. The summed E-state index contributed by atoms with van der Waals surface area (Å²) in [6.45, 7) is 6.13. The van der Waals surface area contributed by atoms with Gasteiger partial charge in [0.2, 0.25) is 5.91 Å². The molecule has 1 aliphatic rings. The van der Waals surface area contributed by atoms with Gasteiger partial charge in [-0.1, -0.05) is 13.8 Å². The second kappa shape index (κ2) is 4.73. The van der Waals surface area contributed by atoms with Crippen LogP contribution < -0.4 is 5.73 Å². The summed E-state index contributed by atoms with van der Waals surface area (Å²) in [4.78, 5) is 18.1. The van der Waals surface area contributed by atoms with Crippen molar-refractivity contribution in [1.82, 2.24) is 9.88 Å². The van der Waals surface area contributed by atoms with E-state index in [2.05, 4.69) is 18.8 Å². The molecule has 0 aliphatic carbocycles. The number of nitrogens with zero attached hydrogens (tertiary/aromatic N) is 2. The molecule has 1 fully saturated rings. The number of pyridine rings is 1. The highest BCUT2D eigenvalue weighted by Crippen LogP contribution is 2.22. The fourth-order valence-corrected chi connectivity index (χ4v) is 2.14. The fraction of sp³-hybridized carbons (Fsp3) is 0.538. The first-order chi connectivity index (χ1) is 8.06. The Labute approximate surface area is 102 Å². The van der Waals surface area contributed by atoms with E-state index in [1.54, 1.807) is 12.3 Å². The van der Waals surface area contributed by atoms with E-state index in [9.17, 15) is 4.79 Å². The number of rotatable bonds is 2. The molecular weight excluding hydrogens is 214 g/mol. The van der Waals surface area contributed by atoms with Crippen LogP contribution >= 0.6 is 0 Å². The highest BCUT2D eigenvalue weighted by atomic mass is 16.2. The molecular formula is C13H19N3O. The summed E-state index contributed by atoms with van der Waals surface area (Å²) >= 11 is 0. The fourth-order valence-electron chi connectivity index (χ4n) is 2.14. The Hall–Kier alpha value is -1.58. The number of nitrogen functional groups attached to an aromatic ring is 1. The molecule has 4 heteroatoms. The molecule has 2 heterocycles. The lowest BCUT2D eigenvalue weighted by atomic mass is 10.0. The Morgan fingerprint density at radius 2 is 2.06 bits per heavy atom. The molecule has 4 nitrogen and oxygen atoms in total. The zero-order valence-electron chi connectivity index (χ0n) is 10.4. The van der Waals surface area contributed by atoms with E-state index in [0.29, 0.717) is 23.9 Å². The van der Waals surface area contributed by atoms with Crippen molar-refractivity contribution in [3.63, 3.8) is 0 Å². The first-order valence-electron chi connectivity index (χ1n) is 6.04. The van der Waals surface area contributed by atoms with Gasteiger partial charge in [0.1, 0.15) is 0 Å². The van der Waals surface area contributed by atoms with Crippen LogP contribution in [0.1, 0.15) is 19.5 Å². The zero-order chi connectivity index (χ0) is 12.4. The first-order valence-corrected chi connectivity index (χ1v) is 6.04. The van der Waals surface area contributed by atoms with Crippen LogP contribution in [-0.2, 0) is 11.2 Å². The van der Waals surface area contributed by atoms with Crippen LogP contribution in [0, 0.1) is 11.8 Å². The summed E-state index contributed by atoms with van der Waals surface area (Å²) < 4.78 is 0. The van der Waals surface area contributed by atoms with Gasteiger partial charge in [-0.3, -0.25) is 9.78 Å². The van der Waals surface area contributed by atoms with Crippen molar-refractivity contribution in [3.8, 4) is 0 Å². The molecule has 2 N–H and O–H groups in total. The maximum atomic E-state index is 12.0. The van der Waals surface area contributed by atoms with Gasteiger partial charge in [-0.2, -0.15) is 0 Å². The molecule has 1 aromatic rings. The number of amides is 1. The summed E-state index contributed by atoms with van der Waals surface area (Å²) in [5.74, 6) is 1.36. The van der Waals surface area contributed by atoms with E-state index in [1.807, 2.05) is 11.0 Å². The molecule has 0 aromatic carbocycles. The third-order valence-corrected chi connectivity index (χ3v) is 3.52. The van der Waals surface area contributed by atoms with Crippen molar-refractivity contribution in [2.75, 3.05) is 18.8 Å². The third kappa shape index (κ3) is 2.75. The minimum atomic E-state index is 0.165. The lowest BCUT2D eigenvalue weighted by Gasteiger charge is -2.15. The summed E-state index contributed by atoms with van der Waals surface area (Å²) in [6, 6.07) is 3.60. The number of carbonyl (C=O) groups excluding carboxylic acids is 1. The number of hydrogen-bond donors (Lipinski definition) is 1. The van der Waals surface area contributed by atoms with Crippen LogP contribution in [0.25, 0.3) is 0 Å². The number of likely N-dealkylation sites (tertiary alicyclic amines) is 1. The molecule has 1 aliphatic heterocycles. The zero-order valence-corrected chi connectivity index (χ0v) is 10.4. The standard InChI is InChI=1S/C13H19N3O/c1-9-7-16(8-10(9)2)13(17)5-12-4-3-11(14)6-15-12/h3-4,6,9-10H,5,7-8,14H2,1-2H3. The van der Waals surface area contributed by atoms with Crippen LogP contribution in [0.2, 0.25) is 0 Å². The molecule has 0 radical (unpaired) electrons. The maximum absolute atomic E-state index is 12.0. The number of hydrogen-bond acceptors (Lipinski definition) is 3. The summed E-state index contributed by atoms with van der Waals surface area (Å²) in [5, 5.41) is 0. The smallest absolute Gasteiger partial charge is 0.228 e. The topological polar surface area (TPSA) is 59.2 Å². The average molecular weight is 233 g/mol. The van der Waals surface area contributed by atoms with Gasteiger partial charge in [-0.25, -0.2) is 0 Å². The van der Waals surface area contributed by atoms with Crippen LogP contribution in [0.3, 0.4) is 0 Å². The minimum absolute atomic E-state index is 0.165. The molecule has 2 unspecified atom stereocenters. The second-order valence-corrected chi connectivity index (χ2v) is 5.01. The van der Waals surface area contributed by atoms with Crippen LogP contribution in [0.4, 0.5) is 5.69 Å². The second-order valence-electron chi connectivity index (χ2n) is 5.01. The van der Waals surface area contributed by atoms with E-state index in [0.717, 1.165) is 18.8 Å². The Balaban J connectivity index is 1.96. The van der Waals surface area contributed by atoms with Crippen molar-refractivity contribution in [2.24, 2.45) is 11.8 Å². The molecule has 1 saturated heterocycles. The predicted octanol–water partition coefficient (Wildman–Crippen LogP) is 1.32. The SMILES string of the molecule is CC1CN(C(=O)Cc2ccc(N)cn2)CC1C. The maximum Gasteiger partial charge on any atom is 0.228 e. The van der Waals surface area contributed by atoms with E-state index in [-0.39, 0.29) is 5.91 Å². The van der Waals surface area contributed by atoms with E-state index in [4.69, 9.17) is 5.73 Å². The van der Waals surface area contributed by atoms with Crippen molar-refractivity contribution in [2.45, 2.75) is 20.3 Å². The van der Waals surface area contributed by atoms with Gasteiger partial charge in [0, 0.05) is 18.8 Å². The molecule has 1 amide bonds. The molecule has 0 saturated carbocycles. The summed E-state index contributed by atoms with van der Waals surface area (Å²) in [7, 11) is 0. The molecule has 2 atom stereocenters. The minimum Gasteiger partial charge on any atom is -0.397 e.